The number of nitrogens with one attached hydrogen (secondary N) is 1. The topological polar surface area (TPSA) is 49.4 Å². The molecule has 0 aromatic carbocycles. The highest BCUT2D eigenvalue weighted by Gasteiger charge is 2.31. The molecule has 0 saturated carbocycles. The standard InChI is InChI=1S/C13H24N2O2/c1-4-11(5-2)13(17)15(10(3)16)12-7-6-8-14-9-12/h11-12,14H,4-9H2,1-3H3. The second-order valence-corrected chi connectivity index (χ2v) is 4.74. The molecular weight excluding hydrogens is 216 g/mol. The molecule has 0 spiro atoms. The van der Waals surface area contributed by atoms with Crippen LogP contribution in [0.3, 0.4) is 0 Å². The van der Waals surface area contributed by atoms with Crippen LogP contribution in [-0.2, 0) is 9.59 Å². The highest BCUT2D eigenvalue weighted by Crippen LogP contribution is 2.18. The first kappa shape index (κ1) is 14.2. The number of hydrogen-bond donors (Lipinski definition) is 1. The molecule has 1 saturated heterocycles. The van der Waals surface area contributed by atoms with E-state index in [9.17, 15) is 9.59 Å². The van der Waals surface area contributed by atoms with Gasteiger partial charge >= 0.3 is 0 Å². The molecule has 1 aliphatic heterocycles. The van der Waals surface area contributed by atoms with Crippen LogP contribution in [0.25, 0.3) is 0 Å². The van der Waals surface area contributed by atoms with E-state index in [-0.39, 0.29) is 23.8 Å². The van der Waals surface area contributed by atoms with E-state index in [4.69, 9.17) is 0 Å². The molecule has 1 aliphatic rings. The molecule has 1 heterocycles. The summed E-state index contributed by atoms with van der Waals surface area (Å²) in [6, 6.07) is 0.0503. The summed E-state index contributed by atoms with van der Waals surface area (Å²) in [5, 5.41) is 3.25. The normalized spacial score (nSPS) is 20.4. The molecule has 17 heavy (non-hydrogen) atoms. The summed E-state index contributed by atoms with van der Waals surface area (Å²) in [6.07, 6.45) is 3.57. The minimum Gasteiger partial charge on any atom is -0.315 e. The molecule has 0 aromatic rings. The largest absolute Gasteiger partial charge is 0.315 e. The zero-order valence-corrected chi connectivity index (χ0v) is 11.2. The van der Waals surface area contributed by atoms with Crippen molar-refractivity contribution in [2.24, 2.45) is 5.92 Å². The summed E-state index contributed by atoms with van der Waals surface area (Å²) in [5.41, 5.74) is 0. The lowest BCUT2D eigenvalue weighted by Crippen LogP contribution is -2.52. The van der Waals surface area contributed by atoms with E-state index in [0.29, 0.717) is 0 Å². The summed E-state index contributed by atoms with van der Waals surface area (Å²) in [5.74, 6) is -0.118. The fourth-order valence-corrected chi connectivity index (χ4v) is 2.48. The van der Waals surface area contributed by atoms with Crippen molar-refractivity contribution < 1.29 is 9.59 Å². The van der Waals surface area contributed by atoms with Crippen molar-refractivity contribution in [1.29, 1.82) is 0 Å². The van der Waals surface area contributed by atoms with Gasteiger partial charge in [-0.2, -0.15) is 0 Å². The first-order valence-electron chi connectivity index (χ1n) is 6.66. The van der Waals surface area contributed by atoms with Gasteiger partial charge in [-0.15, -0.1) is 0 Å². The van der Waals surface area contributed by atoms with E-state index in [1.165, 1.54) is 11.8 Å². The van der Waals surface area contributed by atoms with Crippen LogP contribution in [0.15, 0.2) is 0 Å². The Labute approximate surface area is 104 Å². The van der Waals surface area contributed by atoms with Crippen molar-refractivity contribution in [1.82, 2.24) is 10.2 Å². The minimum absolute atomic E-state index is 0.0104. The third-order valence-electron chi connectivity index (χ3n) is 3.55. The number of carbonyl (C=O) groups is 2. The lowest BCUT2D eigenvalue weighted by atomic mass is 9.98. The first-order chi connectivity index (χ1) is 8.11. The van der Waals surface area contributed by atoms with Crippen LogP contribution in [0.1, 0.15) is 46.5 Å². The van der Waals surface area contributed by atoms with Crippen LogP contribution in [0, 0.1) is 5.92 Å². The molecule has 1 atom stereocenters. The van der Waals surface area contributed by atoms with Gasteiger partial charge < -0.3 is 5.32 Å². The Morgan fingerprint density at radius 3 is 2.41 bits per heavy atom. The van der Waals surface area contributed by atoms with Gasteiger partial charge in [-0.3, -0.25) is 14.5 Å². The Balaban J connectivity index is 2.76. The second kappa shape index (κ2) is 6.74. The second-order valence-electron chi connectivity index (χ2n) is 4.74. The van der Waals surface area contributed by atoms with E-state index >= 15 is 0 Å². The predicted molar refractivity (Wildman–Crippen MR) is 67.5 cm³/mol. The van der Waals surface area contributed by atoms with Crippen molar-refractivity contribution in [2.45, 2.75) is 52.5 Å². The van der Waals surface area contributed by atoms with Crippen LogP contribution >= 0.6 is 0 Å². The Hall–Kier alpha value is -0.900. The number of imide groups is 1. The predicted octanol–water partition coefficient (Wildman–Crippen LogP) is 1.55. The molecule has 4 nitrogen and oxygen atoms in total. The Morgan fingerprint density at radius 1 is 1.35 bits per heavy atom. The van der Waals surface area contributed by atoms with Gasteiger partial charge in [0.1, 0.15) is 0 Å². The van der Waals surface area contributed by atoms with Crippen molar-refractivity contribution in [3.8, 4) is 0 Å². The van der Waals surface area contributed by atoms with Crippen molar-refractivity contribution >= 4 is 11.8 Å². The van der Waals surface area contributed by atoms with Crippen LogP contribution in [0.5, 0.6) is 0 Å². The first-order valence-corrected chi connectivity index (χ1v) is 6.66. The molecule has 4 heteroatoms. The smallest absolute Gasteiger partial charge is 0.232 e. The summed E-state index contributed by atoms with van der Waals surface area (Å²) in [7, 11) is 0. The third-order valence-corrected chi connectivity index (χ3v) is 3.55. The zero-order chi connectivity index (χ0) is 12.8. The molecule has 0 aromatic heterocycles. The molecule has 2 amide bonds. The maximum atomic E-state index is 12.3. The summed E-state index contributed by atoms with van der Waals surface area (Å²) < 4.78 is 0. The lowest BCUT2D eigenvalue weighted by Gasteiger charge is -2.34. The molecule has 1 fully saturated rings. The Kier molecular flexibility index (Phi) is 5.62. The van der Waals surface area contributed by atoms with E-state index in [1.54, 1.807) is 0 Å². The highest BCUT2D eigenvalue weighted by atomic mass is 16.2. The van der Waals surface area contributed by atoms with E-state index in [0.717, 1.165) is 38.8 Å². The Morgan fingerprint density at radius 2 is 2.00 bits per heavy atom. The van der Waals surface area contributed by atoms with Crippen molar-refractivity contribution in [3.05, 3.63) is 0 Å². The van der Waals surface area contributed by atoms with Gasteiger partial charge in [0, 0.05) is 19.4 Å². The molecule has 1 unspecified atom stereocenters. The SMILES string of the molecule is CCC(CC)C(=O)N(C(C)=O)C1CCCNC1. The van der Waals surface area contributed by atoms with Crippen molar-refractivity contribution in [3.63, 3.8) is 0 Å². The Bertz CT molecular complexity index is 269. The average molecular weight is 240 g/mol. The fraction of sp³-hybridized carbons (Fsp3) is 0.846. The third kappa shape index (κ3) is 3.53. The average Bonchev–Trinajstić information content (AvgIpc) is 2.31. The molecular formula is C13H24N2O2. The number of piperidine rings is 1. The molecule has 0 radical (unpaired) electrons. The number of hydrogen-bond acceptors (Lipinski definition) is 3. The molecule has 98 valence electrons. The van der Waals surface area contributed by atoms with Gasteiger partial charge in [0.05, 0.1) is 6.04 Å². The zero-order valence-electron chi connectivity index (χ0n) is 11.2. The quantitative estimate of drug-likeness (QED) is 0.811. The van der Waals surface area contributed by atoms with Gasteiger partial charge in [-0.1, -0.05) is 13.8 Å². The van der Waals surface area contributed by atoms with Crippen LogP contribution in [0.4, 0.5) is 0 Å². The highest BCUT2D eigenvalue weighted by molar-refractivity contribution is 5.95. The fourth-order valence-electron chi connectivity index (χ4n) is 2.48. The van der Waals surface area contributed by atoms with Crippen molar-refractivity contribution in [2.75, 3.05) is 13.1 Å². The summed E-state index contributed by atoms with van der Waals surface area (Å²) >= 11 is 0. The van der Waals surface area contributed by atoms with Gasteiger partial charge in [-0.05, 0) is 32.2 Å². The van der Waals surface area contributed by atoms with E-state index in [2.05, 4.69) is 5.32 Å². The van der Waals surface area contributed by atoms with Gasteiger partial charge in [-0.25, -0.2) is 0 Å². The monoisotopic (exact) mass is 240 g/mol. The minimum atomic E-state index is -0.115. The molecule has 0 bridgehead atoms. The van der Waals surface area contributed by atoms with Crippen LogP contribution in [-0.4, -0.2) is 35.8 Å². The van der Waals surface area contributed by atoms with Gasteiger partial charge in [0.25, 0.3) is 0 Å². The maximum Gasteiger partial charge on any atom is 0.232 e. The van der Waals surface area contributed by atoms with Gasteiger partial charge in [0.15, 0.2) is 0 Å². The molecule has 0 aliphatic carbocycles. The van der Waals surface area contributed by atoms with Gasteiger partial charge in [0.2, 0.25) is 11.8 Å². The molecule has 1 rings (SSSR count). The lowest BCUT2D eigenvalue weighted by molar-refractivity contribution is -0.149. The number of carbonyl (C=O) groups excluding carboxylic acids is 2. The van der Waals surface area contributed by atoms with Crippen LogP contribution in [0.2, 0.25) is 0 Å². The van der Waals surface area contributed by atoms with Crippen LogP contribution < -0.4 is 5.32 Å². The number of amides is 2. The van der Waals surface area contributed by atoms with E-state index < -0.39 is 0 Å². The maximum absolute atomic E-state index is 12.3. The molecule has 1 N–H and O–H groups in total. The number of rotatable bonds is 4. The summed E-state index contributed by atoms with van der Waals surface area (Å²) in [6.45, 7) is 7.23. The number of nitrogens with zero attached hydrogens (tertiary/aromatic N) is 1. The summed E-state index contributed by atoms with van der Waals surface area (Å²) in [4.78, 5) is 25.5. The van der Waals surface area contributed by atoms with E-state index in [1.807, 2.05) is 13.8 Å².